The van der Waals surface area contributed by atoms with E-state index in [0.29, 0.717) is 16.7 Å². The summed E-state index contributed by atoms with van der Waals surface area (Å²) < 4.78 is 5.21. The monoisotopic (exact) mass is 242 g/mol. The van der Waals surface area contributed by atoms with Crippen molar-refractivity contribution in [2.24, 2.45) is 0 Å². The molecule has 7 heteroatoms. The van der Waals surface area contributed by atoms with Crippen LogP contribution in [0.4, 0.5) is 5.13 Å². The summed E-state index contributed by atoms with van der Waals surface area (Å²) in [6, 6.07) is 0. The number of hydrogen-bond donors (Lipinski definition) is 1. The molecule has 1 aromatic rings. The largest absolute Gasteiger partial charge is 0.380 e. The summed E-state index contributed by atoms with van der Waals surface area (Å²) in [6.45, 7) is 1.37. The summed E-state index contributed by atoms with van der Waals surface area (Å²) in [5, 5.41) is 11.7. The Hall–Kier alpha value is -1.21. The van der Waals surface area contributed by atoms with E-state index in [9.17, 15) is 4.79 Å². The molecule has 1 N–H and O–H groups in total. The highest BCUT2D eigenvalue weighted by Crippen LogP contribution is 2.19. The smallest absolute Gasteiger partial charge is 0.284 e. The number of nitrogens with one attached hydrogen (secondary N) is 1. The third-order valence-electron chi connectivity index (χ3n) is 2.59. The second-order valence-corrected chi connectivity index (χ2v) is 4.54. The first-order chi connectivity index (χ1) is 7.74. The van der Waals surface area contributed by atoms with Crippen LogP contribution in [-0.2, 0) is 4.74 Å². The zero-order chi connectivity index (χ0) is 11.5. The van der Waals surface area contributed by atoms with Gasteiger partial charge in [0, 0.05) is 27.2 Å². The van der Waals surface area contributed by atoms with E-state index in [1.165, 1.54) is 11.3 Å². The van der Waals surface area contributed by atoms with Gasteiger partial charge in [0.05, 0.1) is 6.10 Å². The lowest BCUT2D eigenvalue weighted by atomic mass is 10.3. The number of methoxy groups -OCH3 is 1. The number of rotatable bonds is 3. The number of amides is 1. The van der Waals surface area contributed by atoms with Crippen molar-refractivity contribution < 1.29 is 9.53 Å². The highest BCUT2D eigenvalue weighted by atomic mass is 32.1. The van der Waals surface area contributed by atoms with Crippen LogP contribution in [-0.4, -0.2) is 54.4 Å². The molecule has 1 amide bonds. The van der Waals surface area contributed by atoms with Crippen LogP contribution in [0.2, 0.25) is 0 Å². The molecule has 16 heavy (non-hydrogen) atoms. The predicted molar refractivity (Wildman–Crippen MR) is 60.8 cm³/mol. The van der Waals surface area contributed by atoms with Crippen LogP contribution in [0.25, 0.3) is 0 Å². The molecule has 0 radical (unpaired) electrons. The summed E-state index contributed by atoms with van der Waals surface area (Å²) in [7, 11) is 3.42. The van der Waals surface area contributed by atoms with Gasteiger partial charge in [-0.25, -0.2) is 0 Å². The number of hydrogen-bond acceptors (Lipinski definition) is 6. The molecule has 0 saturated carbocycles. The first-order valence-electron chi connectivity index (χ1n) is 5.08. The average Bonchev–Trinajstić information content (AvgIpc) is 2.97. The van der Waals surface area contributed by atoms with Crippen LogP contribution in [0.5, 0.6) is 0 Å². The van der Waals surface area contributed by atoms with Crippen molar-refractivity contribution >= 4 is 22.4 Å². The van der Waals surface area contributed by atoms with Crippen LogP contribution in [0.15, 0.2) is 0 Å². The number of aromatic nitrogens is 2. The SMILES string of the molecule is CNc1nnc(C(=O)N2CCC(OC)C2)s1. The normalized spacial score (nSPS) is 20.1. The fourth-order valence-corrected chi connectivity index (χ4v) is 2.32. The first-order valence-corrected chi connectivity index (χ1v) is 5.89. The molecule has 0 aliphatic carbocycles. The summed E-state index contributed by atoms with van der Waals surface area (Å²) >= 11 is 1.27. The van der Waals surface area contributed by atoms with Crippen LogP contribution in [0.1, 0.15) is 16.2 Å². The van der Waals surface area contributed by atoms with E-state index in [0.717, 1.165) is 13.0 Å². The fraction of sp³-hybridized carbons (Fsp3) is 0.667. The standard InChI is InChI=1S/C9H14N4O2S/c1-10-9-12-11-7(16-9)8(14)13-4-3-6(5-13)15-2/h6H,3-5H2,1-2H3,(H,10,12). The van der Waals surface area contributed by atoms with Gasteiger partial charge in [0.15, 0.2) is 0 Å². The summed E-state index contributed by atoms with van der Waals surface area (Å²) in [5.74, 6) is -0.0569. The van der Waals surface area contributed by atoms with E-state index in [2.05, 4.69) is 15.5 Å². The molecule has 1 fully saturated rings. The number of nitrogens with zero attached hydrogens (tertiary/aromatic N) is 3. The Labute approximate surface area is 97.6 Å². The molecule has 0 aromatic carbocycles. The zero-order valence-electron chi connectivity index (χ0n) is 9.27. The molecule has 6 nitrogen and oxygen atoms in total. The summed E-state index contributed by atoms with van der Waals surface area (Å²) in [6.07, 6.45) is 1.04. The van der Waals surface area contributed by atoms with Crippen molar-refractivity contribution in [3.05, 3.63) is 5.01 Å². The van der Waals surface area contributed by atoms with Crippen molar-refractivity contribution in [1.82, 2.24) is 15.1 Å². The Bertz CT molecular complexity index is 381. The molecule has 2 rings (SSSR count). The van der Waals surface area contributed by atoms with Crippen molar-refractivity contribution in [3.8, 4) is 0 Å². The van der Waals surface area contributed by atoms with Gasteiger partial charge in [0.2, 0.25) is 10.1 Å². The van der Waals surface area contributed by atoms with E-state index in [-0.39, 0.29) is 12.0 Å². The number of carbonyl (C=O) groups is 1. The Kier molecular flexibility index (Phi) is 3.35. The number of ether oxygens (including phenoxy) is 1. The maximum absolute atomic E-state index is 12.0. The molecule has 2 heterocycles. The van der Waals surface area contributed by atoms with Gasteiger partial charge in [0.1, 0.15) is 0 Å². The Morgan fingerprint density at radius 2 is 2.44 bits per heavy atom. The van der Waals surface area contributed by atoms with Crippen LogP contribution < -0.4 is 5.32 Å². The molecule has 1 aliphatic heterocycles. The van der Waals surface area contributed by atoms with E-state index in [4.69, 9.17) is 4.74 Å². The predicted octanol–water partition coefficient (Wildman–Crippen LogP) is 0.441. The molecule has 1 aromatic heterocycles. The van der Waals surface area contributed by atoms with Crippen LogP contribution >= 0.6 is 11.3 Å². The maximum atomic E-state index is 12.0. The van der Waals surface area contributed by atoms with Gasteiger partial charge in [-0.3, -0.25) is 4.79 Å². The third-order valence-corrected chi connectivity index (χ3v) is 3.52. The minimum atomic E-state index is -0.0569. The van der Waals surface area contributed by atoms with Gasteiger partial charge in [-0.2, -0.15) is 0 Å². The maximum Gasteiger partial charge on any atom is 0.284 e. The first kappa shape index (κ1) is 11.3. The molecule has 1 unspecified atom stereocenters. The second-order valence-electron chi connectivity index (χ2n) is 3.56. The van der Waals surface area contributed by atoms with Gasteiger partial charge >= 0.3 is 0 Å². The molecule has 1 saturated heterocycles. The third kappa shape index (κ3) is 2.14. The van der Waals surface area contributed by atoms with E-state index < -0.39 is 0 Å². The average molecular weight is 242 g/mol. The zero-order valence-corrected chi connectivity index (χ0v) is 10.1. The molecule has 88 valence electrons. The molecule has 1 atom stereocenters. The number of anilines is 1. The highest BCUT2D eigenvalue weighted by molar-refractivity contribution is 7.17. The fourth-order valence-electron chi connectivity index (χ4n) is 1.65. The topological polar surface area (TPSA) is 67.4 Å². The Balaban J connectivity index is 2.02. The minimum absolute atomic E-state index is 0.0569. The van der Waals surface area contributed by atoms with Crippen LogP contribution in [0.3, 0.4) is 0 Å². The molecule has 1 aliphatic rings. The van der Waals surface area contributed by atoms with Crippen molar-refractivity contribution in [3.63, 3.8) is 0 Å². The van der Waals surface area contributed by atoms with E-state index in [1.54, 1.807) is 19.1 Å². The number of likely N-dealkylation sites (tertiary alicyclic amines) is 1. The van der Waals surface area contributed by atoms with Gasteiger partial charge < -0.3 is 15.0 Å². The van der Waals surface area contributed by atoms with Crippen molar-refractivity contribution in [1.29, 1.82) is 0 Å². The van der Waals surface area contributed by atoms with Gasteiger partial charge in [0.25, 0.3) is 5.91 Å². The van der Waals surface area contributed by atoms with Crippen LogP contribution in [0, 0.1) is 0 Å². The lowest BCUT2D eigenvalue weighted by Crippen LogP contribution is -2.29. The van der Waals surface area contributed by atoms with Gasteiger partial charge in [-0.05, 0) is 6.42 Å². The summed E-state index contributed by atoms with van der Waals surface area (Å²) in [5.41, 5.74) is 0. The van der Waals surface area contributed by atoms with Gasteiger partial charge in [-0.1, -0.05) is 11.3 Å². The Morgan fingerprint density at radius 1 is 1.62 bits per heavy atom. The van der Waals surface area contributed by atoms with Gasteiger partial charge in [-0.15, -0.1) is 10.2 Å². The van der Waals surface area contributed by atoms with Crippen molar-refractivity contribution in [2.75, 3.05) is 32.6 Å². The van der Waals surface area contributed by atoms with E-state index >= 15 is 0 Å². The van der Waals surface area contributed by atoms with Crippen molar-refractivity contribution in [2.45, 2.75) is 12.5 Å². The number of carbonyl (C=O) groups excluding carboxylic acids is 1. The minimum Gasteiger partial charge on any atom is -0.380 e. The Morgan fingerprint density at radius 3 is 3.00 bits per heavy atom. The molecular formula is C9H14N4O2S. The lowest BCUT2D eigenvalue weighted by Gasteiger charge is -2.13. The summed E-state index contributed by atoms with van der Waals surface area (Å²) in [4.78, 5) is 13.7. The molecule has 0 bridgehead atoms. The second kappa shape index (κ2) is 4.75. The highest BCUT2D eigenvalue weighted by Gasteiger charge is 2.28. The quantitative estimate of drug-likeness (QED) is 0.833. The molecular weight excluding hydrogens is 228 g/mol. The van der Waals surface area contributed by atoms with E-state index in [1.807, 2.05) is 0 Å². The lowest BCUT2D eigenvalue weighted by molar-refractivity contribution is 0.0723. The molecule has 0 spiro atoms.